The highest BCUT2D eigenvalue weighted by molar-refractivity contribution is 5.65. The van der Waals surface area contributed by atoms with E-state index in [9.17, 15) is 13.2 Å². The number of nitrogens with zero attached hydrogens (tertiary/aromatic N) is 3. The third-order valence-electron chi connectivity index (χ3n) is 2.63. The van der Waals surface area contributed by atoms with E-state index in [-0.39, 0.29) is 11.3 Å². The minimum atomic E-state index is -4.44. The molecular weight excluding hydrogens is 269 g/mol. The van der Waals surface area contributed by atoms with E-state index in [0.29, 0.717) is 12.4 Å². The van der Waals surface area contributed by atoms with E-state index < -0.39 is 11.7 Å². The number of nitrogens with one attached hydrogen (secondary N) is 1. The number of alkyl halides is 3. The number of hydrogen-bond donors (Lipinski definition) is 1. The molecule has 0 aliphatic rings. The zero-order valence-corrected chi connectivity index (χ0v) is 10.8. The lowest BCUT2D eigenvalue weighted by Crippen LogP contribution is -2.08. The molecule has 2 rings (SSSR count). The van der Waals surface area contributed by atoms with Crippen molar-refractivity contribution < 1.29 is 13.2 Å². The summed E-state index contributed by atoms with van der Waals surface area (Å²) in [7, 11) is 0. The standard InChI is InChI=1S/C13H13F3N4/c1-2-4-18-12-6-11(19-8-20-12)9-7-17-5-3-10(9)13(14,15)16/h3,5-8H,2,4H2,1H3,(H,18,19,20). The lowest BCUT2D eigenvalue weighted by Gasteiger charge is -2.12. The van der Waals surface area contributed by atoms with Crippen LogP contribution < -0.4 is 5.32 Å². The fourth-order valence-electron chi connectivity index (χ4n) is 1.70. The minimum Gasteiger partial charge on any atom is -0.370 e. The Morgan fingerprint density at radius 3 is 2.75 bits per heavy atom. The SMILES string of the molecule is CCCNc1cc(-c2cnccc2C(F)(F)F)ncn1. The average Bonchev–Trinajstić information content (AvgIpc) is 2.44. The molecule has 0 aromatic carbocycles. The van der Waals surface area contributed by atoms with E-state index in [4.69, 9.17) is 0 Å². The zero-order chi connectivity index (χ0) is 14.6. The summed E-state index contributed by atoms with van der Waals surface area (Å²) in [6, 6.07) is 2.43. The Bertz CT molecular complexity index is 584. The van der Waals surface area contributed by atoms with Crippen LogP contribution in [0.15, 0.2) is 30.9 Å². The van der Waals surface area contributed by atoms with Gasteiger partial charge in [-0.25, -0.2) is 9.97 Å². The van der Waals surface area contributed by atoms with Crippen LogP contribution in [0, 0.1) is 0 Å². The molecule has 0 saturated carbocycles. The van der Waals surface area contributed by atoms with Crippen molar-refractivity contribution in [3.05, 3.63) is 36.4 Å². The maximum atomic E-state index is 13.0. The molecule has 106 valence electrons. The average molecular weight is 282 g/mol. The second-order valence-electron chi connectivity index (χ2n) is 4.13. The Morgan fingerprint density at radius 1 is 1.25 bits per heavy atom. The molecule has 0 atom stereocenters. The van der Waals surface area contributed by atoms with Gasteiger partial charge >= 0.3 is 6.18 Å². The van der Waals surface area contributed by atoms with Gasteiger partial charge < -0.3 is 5.32 Å². The number of anilines is 1. The van der Waals surface area contributed by atoms with Gasteiger partial charge in [-0.15, -0.1) is 0 Å². The summed E-state index contributed by atoms with van der Waals surface area (Å²) in [5.74, 6) is 0.494. The van der Waals surface area contributed by atoms with Gasteiger partial charge in [0.15, 0.2) is 0 Å². The molecule has 2 aromatic heterocycles. The molecule has 0 aliphatic heterocycles. The molecule has 1 N–H and O–H groups in total. The predicted octanol–water partition coefficient (Wildman–Crippen LogP) is 3.38. The minimum absolute atomic E-state index is 0.0538. The van der Waals surface area contributed by atoms with Crippen LogP contribution in [0.3, 0.4) is 0 Å². The predicted molar refractivity (Wildman–Crippen MR) is 69.0 cm³/mol. The normalized spacial score (nSPS) is 11.4. The van der Waals surface area contributed by atoms with Crippen LogP contribution in [0.4, 0.5) is 19.0 Å². The van der Waals surface area contributed by atoms with Gasteiger partial charge in [-0.1, -0.05) is 6.92 Å². The van der Waals surface area contributed by atoms with Crippen molar-refractivity contribution >= 4 is 5.82 Å². The second kappa shape index (κ2) is 5.85. The molecule has 0 amide bonds. The van der Waals surface area contributed by atoms with E-state index in [1.54, 1.807) is 0 Å². The maximum absolute atomic E-state index is 13.0. The number of halogens is 3. The van der Waals surface area contributed by atoms with Crippen LogP contribution in [0.1, 0.15) is 18.9 Å². The first-order valence-electron chi connectivity index (χ1n) is 6.10. The van der Waals surface area contributed by atoms with Crippen LogP contribution >= 0.6 is 0 Å². The third-order valence-corrected chi connectivity index (χ3v) is 2.63. The molecule has 0 spiro atoms. The van der Waals surface area contributed by atoms with E-state index in [0.717, 1.165) is 24.9 Å². The molecular formula is C13H13F3N4. The molecule has 4 nitrogen and oxygen atoms in total. The summed E-state index contributed by atoms with van der Waals surface area (Å²) >= 11 is 0. The van der Waals surface area contributed by atoms with E-state index in [2.05, 4.69) is 20.3 Å². The maximum Gasteiger partial charge on any atom is 0.417 e. The highest BCUT2D eigenvalue weighted by Crippen LogP contribution is 2.35. The summed E-state index contributed by atoms with van der Waals surface area (Å²) in [5.41, 5.74) is -0.617. The van der Waals surface area contributed by atoms with E-state index in [1.165, 1.54) is 12.4 Å². The number of aromatic nitrogens is 3. The van der Waals surface area contributed by atoms with Gasteiger partial charge in [0.2, 0.25) is 0 Å². The summed E-state index contributed by atoms with van der Waals surface area (Å²) < 4.78 is 38.9. The Balaban J connectivity index is 2.42. The Hall–Kier alpha value is -2.18. The molecule has 20 heavy (non-hydrogen) atoms. The third kappa shape index (κ3) is 3.23. The van der Waals surface area contributed by atoms with Crippen molar-refractivity contribution in [1.29, 1.82) is 0 Å². The number of hydrogen-bond acceptors (Lipinski definition) is 4. The van der Waals surface area contributed by atoms with Gasteiger partial charge in [-0.2, -0.15) is 13.2 Å². The van der Waals surface area contributed by atoms with Crippen molar-refractivity contribution in [2.24, 2.45) is 0 Å². The molecule has 0 unspecified atom stereocenters. The Labute approximate surface area is 114 Å². The smallest absolute Gasteiger partial charge is 0.370 e. The second-order valence-corrected chi connectivity index (χ2v) is 4.13. The Kier molecular flexibility index (Phi) is 4.16. The Morgan fingerprint density at radius 2 is 2.05 bits per heavy atom. The van der Waals surface area contributed by atoms with Crippen molar-refractivity contribution in [3.8, 4) is 11.3 Å². The molecule has 2 heterocycles. The molecule has 0 fully saturated rings. The first kappa shape index (κ1) is 14.2. The monoisotopic (exact) mass is 282 g/mol. The van der Waals surface area contributed by atoms with Gasteiger partial charge in [0, 0.05) is 30.6 Å². The largest absolute Gasteiger partial charge is 0.417 e. The summed E-state index contributed by atoms with van der Waals surface area (Å²) in [6.45, 7) is 2.67. The van der Waals surface area contributed by atoms with Gasteiger partial charge in [-0.3, -0.25) is 4.98 Å². The zero-order valence-electron chi connectivity index (χ0n) is 10.8. The number of rotatable bonds is 4. The first-order chi connectivity index (χ1) is 9.52. The fourth-order valence-corrected chi connectivity index (χ4v) is 1.70. The van der Waals surface area contributed by atoms with Crippen molar-refractivity contribution in [2.45, 2.75) is 19.5 Å². The summed E-state index contributed by atoms with van der Waals surface area (Å²) in [6.07, 6.45) is -0.0424. The molecule has 0 saturated heterocycles. The fraction of sp³-hybridized carbons (Fsp3) is 0.308. The quantitative estimate of drug-likeness (QED) is 0.934. The molecule has 0 aliphatic carbocycles. The van der Waals surface area contributed by atoms with Crippen LogP contribution in [0.5, 0.6) is 0 Å². The van der Waals surface area contributed by atoms with Crippen molar-refractivity contribution in [1.82, 2.24) is 15.0 Å². The van der Waals surface area contributed by atoms with Crippen LogP contribution in [0.2, 0.25) is 0 Å². The van der Waals surface area contributed by atoms with Crippen LogP contribution in [0.25, 0.3) is 11.3 Å². The van der Waals surface area contributed by atoms with Crippen molar-refractivity contribution in [2.75, 3.05) is 11.9 Å². The lowest BCUT2D eigenvalue weighted by atomic mass is 10.1. The number of pyridine rings is 1. The highest BCUT2D eigenvalue weighted by atomic mass is 19.4. The van der Waals surface area contributed by atoms with Crippen molar-refractivity contribution in [3.63, 3.8) is 0 Å². The van der Waals surface area contributed by atoms with E-state index in [1.807, 2.05) is 6.92 Å². The molecule has 7 heteroatoms. The summed E-state index contributed by atoms with van der Waals surface area (Å²) in [4.78, 5) is 11.6. The van der Waals surface area contributed by atoms with Gasteiger partial charge in [0.25, 0.3) is 0 Å². The van der Waals surface area contributed by atoms with E-state index >= 15 is 0 Å². The van der Waals surface area contributed by atoms with Gasteiger partial charge in [0.1, 0.15) is 12.1 Å². The van der Waals surface area contributed by atoms with Crippen LogP contribution in [-0.4, -0.2) is 21.5 Å². The highest BCUT2D eigenvalue weighted by Gasteiger charge is 2.34. The topological polar surface area (TPSA) is 50.7 Å². The van der Waals surface area contributed by atoms with Crippen LogP contribution in [-0.2, 0) is 6.18 Å². The molecule has 0 bridgehead atoms. The lowest BCUT2D eigenvalue weighted by molar-refractivity contribution is -0.137. The molecule has 2 aromatic rings. The molecule has 0 radical (unpaired) electrons. The van der Waals surface area contributed by atoms with Gasteiger partial charge in [0.05, 0.1) is 11.3 Å². The summed E-state index contributed by atoms with van der Waals surface area (Å²) in [5, 5.41) is 3.01. The first-order valence-corrected chi connectivity index (χ1v) is 6.10. The van der Waals surface area contributed by atoms with Gasteiger partial charge in [-0.05, 0) is 12.5 Å².